The van der Waals surface area contributed by atoms with E-state index in [1.807, 2.05) is 20.2 Å². The molecule has 0 saturated carbocycles. The highest BCUT2D eigenvalue weighted by atomic mass is 16.4. The predicted octanol–water partition coefficient (Wildman–Crippen LogP) is 1.24. The summed E-state index contributed by atoms with van der Waals surface area (Å²) >= 11 is 0. The number of rotatable bonds is 6. The topological polar surface area (TPSA) is 84.2 Å². The van der Waals surface area contributed by atoms with Crippen molar-refractivity contribution < 1.29 is 14.7 Å². The molecule has 0 aromatic carbocycles. The van der Waals surface area contributed by atoms with E-state index in [2.05, 4.69) is 10.4 Å². The van der Waals surface area contributed by atoms with E-state index in [9.17, 15) is 9.59 Å². The van der Waals surface area contributed by atoms with Crippen LogP contribution < -0.4 is 5.32 Å². The number of nitrogens with zero attached hydrogens (tertiary/aromatic N) is 2. The molecular formula is C13H21N3O3. The first-order valence-corrected chi connectivity index (χ1v) is 6.17. The third kappa shape index (κ3) is 5.11. The second-order valence-electron chi connectivity index (χ2n) is 5.60. The summed E-state index contributed by atoms with van der Waals surface area (Å²) in [5, 5.41) is 15.8. The van der Waals surface area contributed by atoms with Crippen molar-refractivity contribution in [1.82, 2.24) is 15.1 Å². The standard InChI is InChI=1S/C13H21N3O3/c1-9-10(8-16(4)15-9)7-14-11(17)5-13(2,3)6-12(18)19/h8H,5-7H2,1-4H3,(H,14,17)(H,18,19). The number of carbonyl (C=O) groups excluding carboxylic acids is 1. The Labute approximate surface area is 112 Å². The van der Waals surface area contributed by atoms with Crippen LogP contribution >= 0.6 is 0 Å². The van der Waals surface area contributed by atoms with Crippen LogP contribution in [0, 0.1) is 12.3 Å². The summed E-state index contributed by atoms with van der Waals surface area (Å²) in [5.74, 6) is -1.03. The number of hydrogen-bond donors (Lipinski definition) is 2. The summed E-state index contributed by atoms with van der Waals surface area (Å²) in [5.41, 5.74) is 1.30. The number of aliphatic carboxylic acids is 1. The summed E-state index contributed by atoms with van der Waals surface area (Å²) in [4.78, 5) is 22.5. The van der Waals surface area contributed by atoms with E-state index in [0.717, 1.165) is 11.3 Å². The SMILES string of the molecule is Cc1nn(C)cc1CNC(=O)CC(C)(C)CC(=O)O. The molecule has 1 aromatic rings. The lowest BCUT2D eigenvalue weighted by Gasteiger charge is -2.21. The van der Waals surface area contributed by atoms with E-state index < -0.39 is 11.4 Å². The molecule has 0 unspecified atom stereocenters. The molecule has 1 amide bonds. The normalized spacial score (nSPS) is 11.4. The Bertz CT molecular complexity index is 477. The molecule has 6 heteroatoms. The Morgan fingerprint density at radius 3 is 2.53 bits per heavy atom. The van der Waals surface area contributed by atoms with Crippen LogP contribution in [0.1, 0.15) is 37.9 Å². The van der Waals surface area contributed by atoms with Gasteiger partial charge in [-0.05, 0) is 12.3 Å². The average molecular weight is 267 g/mol. The second-order valence-corrected chi connectivity index (χ2v) is 5.60. The molecule has 0 fully saturated rings. The molecule has 0 atom stereocenters. The van der Waals surface area contributed by atoms with Crippen LogP contribution in [-0.4, -0.2) is 26.8 Å². The van der Waals surface area contributed by atoms with Crippen molar-refractivity contribution in [3.8, 4) is 0 Å². The van der Waals surface area contributed by atoms with E-state index >= 15 is 0 Å². The average Bonchev–Trinajstić information content (AvgIpc) is 2.51. The van der Waals surface area contributed by atoms with E-state index in [-0.39, 0.29) is 18.7 Å². The van der Waals surface area contributed by atoms with Crippen molar-refractivity contribution in [2.45, 2.75) is 40.2 Å². The maximum Gasteiger partial charge on any atom is 0.303 e. The van der Waals surface area contributed by atoms with Gasteiger partial charge in [0.1, 0.15) is 0 Å². The van der Waals surface area contributed by atoms with Crippen LogP contribution in [0.4, 0.5) is 0 Å². The third-order valence-electron chi connectivity index (χ3n) is 2.86. The van der Waals surface area contributed by atoms with Crippen molar-refractivity contribution >= 4 is 11.9 Å². The molecule has 0 aliphatic rings. The first-order valence-electron chi connectivity index (χ1n) is 6.17. The quantitative estimate of drug-likeness (QED) is 0.812. The number of nitrogens with one attached hydrogen (secondary N) is 1. The summed E-state index contributed by atoms with van der Waals surface area (Å²) in [6.07, 6.45) is 2.03. The lowest BCUT2D eigenvalue weighted by atomic mass is 9.85. The summed E-state index contributed by atoms with van der Waals surface area (Å²) < 4.78 is 1.70. The molecule has 0 aliphatic carbocycles. The number of carboxylic acids is 1. The number of carboxylic acid groups (broad SMARTS) is 1. The smallest absolute Gasteiger partial charge is 0.303 e. The van der Waals surface area contributed by atoms with Crippen LogP contribution in [0.15, 0.2) is 6.20 Å². The van der Waals surface area contributed by atoms with Gasteiger partial charge in [0.15, 0.2) is 0 Å². The lowest BCUT2D eigenvalue weighted by molar-refractivity contribution is -0.139. The molecule has 0 aliphatic heterocycles. The Morgan fingerprint density at radius 2 is 2.05 bits per heavy atom. The molecule has 0 bridgehead atoms. The van der Waals surface area contributed by atoms with E-state index in [1.54, 1.807) is 18.5 Å². The lowest BCUT2D eigenvalue weighted by Crippen LogP contribution is -2.29. The number of amides is 1. The molecule has 1 rings (SSSR count). The number of hydrogen-bond acceptors (Lipinski definition) is 3. The van der Waals surface area contributed by atoms with Crippen LogP contribution in [0.25, 0.3) is 0 Å². The molecular weight excluding hydrogens is 246 g/mol. The van der Waals surface area contributed by atoms with Crippen LogP contribution in [0.2, 0.25) is 0 Å². The molecule has 1 heterocycles. The number of aromatic nitrogens is 2. The highest BCUT2D eigenvalue weighted by Gasteiger charge is 2.25. The Kier molecular flexibility index (Phi) is 4.69. The third-order valence-corrected chi connectivity index (χ3v) is 2.86. The van der Waals surface area contributed by atoms with Crippen LogP contribution in [-0.2, 0) is 23.2 Å². The molecule has 0 spiro atoms. The highest BCUT2D eigenvalue weighted by Crippen LogP contribution is 2.24. The molecule has 0 radical (unpaired) electrons. The summed E-state index contributed by atoms with van der Waals surface area (Å²) in [6, 6.07) is 0. The van der Waals surface area contributed by atoms with Gasteiger partial charge < -0.3 is 10.4 Å². The highest BCUT2D eigenvalue weighted by molar-refractivity contribution is 5.77. The van der Waals surface area contributed by atoms with Gasteiger partial charge >= 0.3 is 5.97 Å². The van der Waals surface area contributed by atoms with E-state index in [1.165, 1.54) is 0 Å². The fraction of sp³-hybridized carbons (Fsp3) is 0.615. The van der Waals surface area contributed by atoms with Gasteiger partial charge in [0, 0.05) is 31.8 Å². The van der Waals surface area contributed by atoms with Crippen LogP contribution in [0.3, 0.4) is 0 Å². The van der Waals surface area contributed by atoms with Gasteiger partial charge in [0.25, 0.3) is 0 Å². The Balaban J connectivity index is 2.48. The van der Waals surface area contributed by atoms with Crippen LogP contribution in [0.5, 0.6) is 0 Å². The predicted molar refractivity (Wildman–Crippen MR) is 70.4 cm³/mol. The van der Waals surface area contributed by atoms with E-state index in [0.29, 0.717) is 6.54 Å². The first kappa shape index (κ1) is 15.2. The van der Waals surface area contributed by atoms with Crippen molar-refractivity contribution in [3.05, 3.63) is 17.5 Å². The fourth-order valence-corrected chi connectivity index (χ4v) is 1.99. The fourth-order valence-electron chi connectivity index (χ4n) is 1.99. The zero-order valence-electron chi connectivity index (χ0n) is 11.9. The maximum atomic E-state index is 11.8. The Hall–Kier alpha value is -1.85. The molecule has 19 heavy (non-hydrogen) atoms. The monoisotopic (exact) mass is 267 g/mol. The van der Waals surface area contributed by atoms with Gasteiger partial charge in [0.05, 0.1) is 12.1 Å². The van der Waals surface area contributed by atoms with Gasteiger partial charge in [-0.25, -0.2) is 0 Å². The van der Waals surface area contributed by atoms with Gasteiger partial charge in [-0.15, -0.1) is 0 Å². The van der Waals surface area contributed by atoms with Gasteiger partial charge in [-0.2, -0.15) is 5.10 Å². The minimum absolute atomic E-state index is 0.0215. The number of carbonyl (C=O) groups is 2. The van der Waals surface area contributed by atoms with Crippen molar-refractivity contribution in [3.63, 3.8) is 0 Å². The maximum absolute atomic E-state index is 11.8. The molecule has 106 valence electrons. The molecule has 6 nitrogen and oxygen atoms in total. The largest absolute Gasteiger partial charge is 0.481 e. The summed E-state index contributed by atoms with van der Waals surface area (Å²) in [6.45, 7) is 5.85. The molecule has 2 N–H and O–H groups in total. The van der Waals surface area contributed by atoms with Gasteiger partial charge in [-0.3, -0.25) is 14.3 Å². The first-order chi connectivity index (χ1) is 8.69. The van der Waals surface area contributed by atoms with Crippen molar-refractivity contribution in [2.75, 3.05) is 0 Å². The molecule has 0 saturated heterocycles. The molecule has 1 aromatic heterocycles. The summed E-state index contributed by atoms with van der Waals surface area (Å²) in [7, 11) is 1.83. The van der Waals surface area contributed by atoms with Crippen molar-refractivity contribution in [1.29, 1.82) is 0 Å². The minimum Gasteiger partial charge on any atom is -0.481 e. The zero-order chi connectivity index (χ0) is 14.6. The van der Waals surface area contributed by atoms with Crippen molar-refractivity contribution in [2.24, 2.45) is 12.5 Å². The number of aryl methyl sites for hydroxylation is 2. The zero-order valence-corrected chi connectivity index (χ0v) is 11.9. The minimum atomic E-state index is -0.888. The van der Waals surface area contributed by atoms with Gasteiger partial charge in [0.2, 0.25) is 5.91 Å². The van der Waals surface area contributed by atoms with Gasteiger partial charge in [-0.1, -0.05) is 13.8 Å². The second kappa shape index (κ2) is 5.86. The Morgan fingerprint density at radius 1 is 1.42 bits per heavy atom. The van der Waals surface area contributed by atoms with E-state index in [4.69, 9.17) is 5.11 Å².